The van der Waals surface area contributed by atoms with Crippen molar-refractivity contribution in [1.82, 2.24) is 16.2 Å². The van der Waals surface area contributed by atoms with E-state index in [1.54, 1.807) is 6.07 Å². The molecule has 0 aliphatic rings. The largest absolute Gasteiger partial charge is 0.298 e. The lowest BCUT2D eigenvalue weighted by Gasteiger charge is -2.09. The highest BCUT2D eigenvalue weighted by atomic mass is 32.1. The van der Waals surface area contributed by atoms with Crippen molar-refractivity contribution in [2.75, 3.05) is 0 Å². The quantitative estimate of drug-likeness (QED) is 0.298. The Morgan fingerprint density at radius 3 is 2.54 bits per heavy atom. The lowest BCUT2D eigenvalue weighted by Crippen LogP contribution is -2.48. The molecule has 0 saturated carbocycles. The zero-order valence-corrected chi connectivity index (χ0v) is 15.6. The zero-order valence-electron chi connectivity index (χ0n) is 14.8. The summed E-state index contributed by atoms with van der Waals surface area (Å²) < 4.78 is 0. The first-order valence-electron chi connectivity index (χ1n) is 8.30. The van der Waals surface area contributed by atoms with Gasteiger partial charge in [-0.3, -0.25) is 35.9 Å². The molecule has 8 nitrogen and oxygen atoms in total. The Balaban J connectivity index is 1.73. The van der Waals surface area contributed by atoms with Gasteiger partial charge in [-0.1, -0.05) is 42.5 Å². The van der Waals surface area contributed by atoms with Crippen LogP contribution in [0.1, 0.15) is 17.5 Å². The van der Waals surface area contributed by atoms with E-state index in [0.717, 1.165) is 5.56 Å². The van der Waals surface area contributed by atoms with Crippen molar-refractivity contribution in [1.29, 1.82) is 0 Å². The Morgan fingerprint density at radius 2 is 1.82 bits per heavy atom. The topological polar surface area (TPSA) is 113 Å². The van der Waals surface area contributed by atoms with Crippen LogP contribution in [0.4, 0.5) is 5.69 Å². The van der Waals surface area contributed by atoms with E-state index in [0.29, 0.717) is 12.0 Å². The number of non-ortho nitro benzene ring substituents is 1. The number of amides is 2. The van der Waals surface area contributed by atoms with Gasteiger partial charge in [-0.05, 0) is 35.8 Å². The second-order valence-corrected chi connectivity index (χ2v) is 6.07. The summed E-state index contributed by atoms with van der Waals surface area (Å²) in [7, 11) is 0. The first-order valence-corrected chi connectivity index (χ1v) is 8.71. The third-order valence-corrected chi connectivity index (χ3v) is 3.75. The molecule has 0 bridgehead atoms. The molecule has 2 aromatic carbocycles. The predicted molar refractivity (Wildman–Crippen MR) is 109 cm³/mol. The first kappa shape index (κ1) is 20.7. The molecule has 0 radical (unpaired) electrons. The van der Waals surface area contributed by atoms with Gasteiger partial charge in [0.1, 0.15) is 0 Å². The van der Waals surface area contributed by atoms with Crippen molar-refractivity contribution in [3.63, 3.8) is 0 Å². The van der Waals surface area contributed by atoms with E-state index >= 15 is 0 Å². The standard InChI is InChI=1S/C19H18N4O4S/c24-17(11-10-15-7-4-8-16(13-15)23(26)27)20-19(28)22-21-18(25)12-9-14-5-2-1-3-6-14/h1-8,10-11,13H,9,12H2,(H,21,25)(H2,20,22,24,28)/b11-10+. The van der Waals surface area contributed by atoms with Gasteiger partial charge in [0.05, 0.1) is 4.92 Å². The second kappa shape index (κ2) is 10.5. The van der Waals surface area contributed by atoms with Gasteiger partial charge in [0.2, 0.25) is 11.8 Å². The summed E-state index contributed by atoms with van der Waals surface area (Å²) in [6.45, 7) is 0. The summed E-state index contributed by atoms with van der Waals surface area (Å²) in [4.78, 5) is 33.8. The molecule has 2 aromatic rings. The minimum absolute atomic E-state index is 0.0678. The number of nitro groups is 1. The van der Waals surface area contributed by atoms with E-state index in [2.05, 4.69) is 16.2 Å². The maximum atomic E-state index is 11.8. The van der Waals surface area contributed by atoms with Crippen LogP contribution in [0, 0.1) is 10.1 Å². The number of carbonyl (C=O) groups excluding carboxylic acids is 2. The van der Waals surface area contributed by atoms with Crippen LogP contribution in [0.2, 0.25) is 0 Å². The molecule has 28 heavy (non-hydrogen) atoms. The summed E-state index contributed by atoms with van der Waals surface area (Å²) in [5, 5.41) is 13.0. The number of hydrazine groups is 1. The van der Waals surface area contributed by atoms with Crippen LogP contribution in [-0.4, -0.2) is 21.9 Å². The molecule has 0 unspecified atom stereocenters. The van der Waals surface area contributed by atoms with Crippen LogP contribution in [0.3, 0.4) is 0 Å². The number of benzene rings is 2. The Hall–Kier alpha value is -3.59. The molecule has 9 heteroatoms. The molecule has 0 spiro atoms. The number of nitrogens with one attached hydrogen (secondary N) is 3. The highest BCUT2D eigenvalue weighted by Gasteiger charge is 2.06. The van der Waals surface area contributed by atoms with Gasteiger partial charge in [-0.25, -0.2) is 0 Å². The van der Waals surface area contributed by atoms with Crippen LogP contribution in [0.5, 0.6) is 0 Å². The Morgan fingerprint density at radius 1 is 1.07 bits per heavy atom. The molecule has 0 saturated heterocycles. The van der Waals surface area contributed by atoms with E-state index < -0.39 is 10.8 Å². The third kappa shape index (κ3) is 7.34. The predicted octanol–water partition coefficient (Wildman–Crippen LogP) is 2.26. The van der Waals surface area contributed by atoms with Gasteiger partial charge in [-0.15, -0.1) is 0 Å². The average Bonchev–Trinajstić information content (AvgIpc) is 2.70. The fourth-order valence-corrected chi connectivity index (χ4v) is 2.34. The molecule has 2 rings (SSSR count). The minimum atomic E-state index is -0.539. The van der Waals surface area contributed by atoms with Gasteiger partial charge < -0.3 is 0 Å². The molecule has 144 valence electrons. The summed E-state index contributed by atoms with van der Waals surface area (Å²) in [5.74, 6) is -0.810. The average molecular weight is 398 g/mol. The maximum Gasteiger partial charge on any atom is 0.270 e. The van der Waals surface area contributed by atoms with Gasteiger partial charge >= 0.3 is 0 Å². The van der Waals surface area contributed by atoms with Crippen molar-refractivity contribution in [2.24, 2.45) is 0 Å². The number of hydrogen-bond acceptors (Lipinski definition) is 5. The molecule has 0 fully saturated rings. The van der Waals surface area contributed by atoms with Gasteiger partial charge in [-0.2, -0.15) is 0 Å². The van der Waals surface area contributed by atoms with Crippen molar-refractivity contribution >= 4 is 40.9 Å². The lowest BCUT2D eigenvalue weighted by molar-refractivity contribution is -0.384. The molecule has 0 aliphatic heterocycles. The van der Waals surface area contributed by atoms with E-state index in [4.69, 9.17) is 12.2 Å². The Kier molecular flexibility index (Phi) is 7.79. The van der Waals surface area contributed by atoms with Crippen LogP contribution >= 0.6 is 12.2 Å². The summed E-state index contributed by atoms with van der Waals surface area (Å²) in [6, 6.07) is 15.4. The number of carbonyl (C=O) groups is 2. The van der Waals surface area contributed by atoms with Crippen LogP contribution in [0.25, 0.3) is 6.08 Å². The van der Waals surface area contributed by atoms with Crippen molar-refractivity contribution < 1.29 is 14.5 Å². The van der Waals surface area contributed by atoms with E-state index in [9.17, 15) is 19.7 Å². The Bertz CT molecular complexity index is 900. The Labute approximate surface area is 166 Å². The number of thiocarbonyl (C=S) groups is 1. The number of aryl methyl sites for hydroxylation is 1. The summed E-state index contributed by atoms with van der Waals surface area (Å²) in [5.41, 5.74) is 6.32. The monoisotopic (exact) mass is 398 g/mol. The number of nitrogens with zero attached hydrogens (tertiary/aromatic N) is 1. The van der Waals surface area contributed by atoms with Crippen LogP contribution in [0.15, 0.2) is 60.7 Å². The number of rotatable bonds is 6. The third-order valence-electron chi connectivity index (χ3n) is 3.54. The fraction of sp³-hybridized carbons (Fsp3) is 0.105. The zero-order chi connectivity index (χ0) is 20.4. The molecule has 2 amide bonds. The summed E-state index contributed by atoms with van der Waals surface area (Å²) in [6.07, 6.45) is 3.45. The number of nitro benzene ring substituents is 1. The smallest absolute Gasteiger partial charge is 0.270 e. The SMILES string of the molecule is O=C(/C=C/c1cccc([N+](=O)[O-])c1)NC(=S)NNC(=O)CCc1ccccc1. The highest BCUT2D eigenvalue weighted by Crippen LogP contribution is 2.13. The fourth-order valence-electron chi connectivity index (χ4n) is 2.19. The van der Waals surface area contributed by atoms with E-state index in [1.165, 1.54) is 30.4 Å². The van der Waals surface area contributed by atoms with Gasteiger partial charge in [0.15, 0.2) is 5.11 Å². The molecule has 0 aromatic heterocycles. The van der Waals surface area contributed by atoms with Crippen LogP contribution < -0.4 is 16.2 Å². The van der Waals surface area contributed by atoms with E-state index in [1.807, 2.05) is 30.3 Å². The van der Waals surface area contributed by atoms with Gasteiger partial charge in [0, 0.05) is 24.6 Å². The molecular weight excluding hydrogens is 380 g/mol. The molecule has 0 atom stereocenters. The highest BCUT2D eigenvalue weighted by molar-refractivity contribution is 7.80. The molecule has 0 heterocycles. The van der Waals surface area contributed by atoms with Gasteiger partial charge in [0.25, 0.3) is 5.69 Å². The van der Waals surface area contributed by atoms with E-state index in [-0.39, 0.29) is 23.1 Å². The second-order valence-electron chi connectivity index (χ2n) is 5.66. The molecule has 3 N–H and O–H groups in total. The van der Waals surface area contributed by atoms with Crippen molar-refractivity contribution in [2.45, 2.75) is 12.8 Å². The van der Waals surface area contributed by atoms with Crippen molar-refractivity contribution in [3.05, 3.63) is 81.9 Å². The lowest BCUT2D eigenvalue weighted by atomic mass is 10.1. The minimum Gasteiger partial charge on any atom is -0.298 e. The maximum absolute atomic E-state index is 11.8. The van der Waals surface area contributed by atoms with Crippen LogP contribution in [-0.2, 0) is 16.0 Å². The molecule has 0 aliphatic carbocycles. The normalized spacial score (nSPS) is 10.3. The summed E-state index contributed by atoms with van der Waals surface area (Å²) >= 11 is 4.93. The van der Waals surface area contributed by atoms with Crippen molar-refractivity contribution in [3.8, 4) is 0 Å². The number of hydrogen-bond donors (Lipinski definition) is 3. The molecular formula is C19H18N4O4S. The first-order chi connectivity index (χ1) is 13.4.